The van der Waals surface area contributed by atoms with Crippen molar-refractivity contribution >= 4 is 29.9 Å². The number of alkyl halides is 2. The van der Waals surface area contributed by atoms with Gasteiger partial charge in [-0.05, 0) is 42.3 Å². The van der Waals surface area contributed by atoms with Crippen LogP contribution in [-0.4, -0.2) is 25.9 Å². The van der Waals surface area contributed by atoms with E-state index in [1.54, 1.807) is 12.1 Å². The molecule has 2 aromatic rings. The fourth-order valence-corrected chi connectivity index (χ4v) is 2.57. The van der Waals surface area contributed by atoms with Crippen molar-refractivity contribution in [1.29, 1.82) is 0 Å². The molecule has 0 amide bonds. The van der Waals surface area contributed by atoms with Gasteiger partial charge >= 0.3 is 6.61 Å². The van der Waals surface area contributed by atoms with E-state index in [0.717, 1.165) is 22.6 Å². The molecule has 28 heavy (non-hydrogen) atoms. The summed E-state index contributed by atoms with van der Waals surface area (Å²) in [5.74, 6) is 2.21. The molecular weight excluding hydrogens is 483 g/mol. The third-order valence-corrected chi connectivity index (χ3v) is 3.78. The molecule has 3 rings (SSSR count). The summed E-state index contributed by atoms with van der Waals surface area (Å²) in [6.45, 7) is 0.944. The average Bonchev–Trinajstić information content (AvgIpc) is 3.11. The number of hydrogen-bond donors (Lipinski definition) is 2. The molecular formula is C19H22F2IN3O3. The Hall–Kier alpha value is -2.30. The molecule has 0 aromatic heterocycles. The van der Waals surface area contributed by atoms with Crippen molar-refractivity contribution in [2.24, 2.45) is 4.99 Å². The number of fused-ring (bicyclic) bond motifs is 1. The molecule has 0 radical (unpaired) electrons. The summed E-state index contributed by atoms with van der Waals surface area (Å²) in [7, 11) is 0. The molecule has 0 unspecified atom stereocenters. The lowest BCUT2D eigenvalue weighted by Crippen LogP contribution is -2.36. The lowest BCUT2D eigenvalue weighted by molar-refractivity contribution is -0.0498. The number of benzene rings is 2. The van der Waals surface area contributed by atoms with E-state index in [9.17, 15) is 8.78 Å². The summed E-state index contributed by atoms with van der Waals surface area (Å²) in [6, 6.07) is 12.3. The first-order valence-corrected chi connectivity index (χ1v) is 8.58. The van der Waals surface area contributed by atoms with Gasteiger partial charge in [0.1, 0.15) is 5.75 Å². The summed E-state index contributed by atoms with van der Waals surface area (Å²) < 4.78 is 39.7. The van der Waals surface area contributed by atoms with Crippen LogP contribution in [0.4, 0.5) is 8.78 Å². The number of aliphatic imine (C=N–C) groups is 1. The minimum absolute atomic E-state index is 0. The van der Waals surface area contributed by atoms with E-state index in [1.807, 2.05) is 31.2 Å². The Labute approximate surface area is 179 Å². The number of guanidine groups is 1. The van der Waals surface area contributed by atoms with E-state index in [1.165, 1.54) is 6.07 Å². The zero-order chi connectivity index (χ0) is 19.1. The van der Waals surface area contributed by atoms with E-state index in [4.69, 9.17) is 9.47 Å². The molecule has 0 saturated heterocycles. The molecule has 0 bridgehead atoms. The first kappa shape index (κ1) is 22.0. The smallest absolute Gasteiger partial charge is 0.387 e. The highest BCUT2D eigenvalue weighted by Crippen LogP contribution is 2.32. The fraction of sp³-hybridized carbons (Fsp3) is 0.316. The molecule has 1 aliphatic rings. The maximum atomic E-state index is 12.3. The summed E-state index contributed by atoms with van der Waals surface area (Å²) in [4.78, 5) is 4.49. The molecule has 1 heterocycles. The topological polar surface area (TPSA) is 64.1 Å². The highest BCUT2D eigenvalue weighted by Gasteiger charge is 2.13. The monoisotopic (exact) mass is 505 g/mol. The Balaban J connectivity index is 0.00000280. The number of halogens is 3. The molecule has 152 valence electrons. The molecule has 0 fully saturated rings. The minimum atomic E-state index is -2.84. The van der Waals surface area contributed by atoms with Crippen LogP contribution in [-0.2, 0) is 13.1 Å². The molecule has 2 N–H and O–H groups in total. The molecule has 2 aromatic carbocycles. The van der Waals surface area contributed by atoms with Gasteiger partial charge in [-0.3, -0.25) is 0 Å². The van der Waals surface area contributed by atoms with Crippen LogP contribution >= 0.6 is 24.0 Å². The maximum Gasteiger partial charge on any atom is 0.387 e. The van der Waals surface area contributed by atoms with Crippen molar-refractivity contribution in [3.63, 3.8) is 0 Å². The highest BCUT2D eigenvalue weighted by molar-refractivity contribution is 14.0. The average molecular weight is 505 g/mol. The molecule has 0 aliphatic carbocycles. The lowest BCUT2D eigenvalue weighted by atomic mass is 10.2. The molecule has 9 heteroatoms. The minimum Gasteiger partial charge on any atom is -0.454 e. The van der Waals surface area contributed by atoms with Gasteiger partial charge in [-0.2, -0.15) is 8.78 Å². The Morgan fingerprint density at radius 1 is 1.11 bits per heavy atom. The van der Waals surface area contributed by atoms with Gasteiger partial charge in [-0.1, -0.05) is 18.2 Å². The first-order chi connectivity index (χ1) is 13.1. The first-order valence-electron chi connectivity index (χ1n) is 8.58. The molecule has 1 aliphatic heterocycles. The largest absolute Gasteiger partial charge is 0.454 e. The van der Waals surface area contributed by atoms with Crippen LogP contribution in [0, 0.1) is 0 Å². The normalized spacial score (nSPS) is 12.5. The van der Waals surface area contributed by atoms with Crippen LogP contribution in [0.2, 0.25) is 0 Å². The summed E-state index contributed by atoms with van der Waals surface area (Å²) in [5.41, 5.74) is 1.80. The zero-order valence-electron chi connectivity index (χ0n) is 15.3. The van der Waals surface area contributed by atoms with E-state index >= 15 is 0 Å². The lowest BCUT2D eigenvalue weighted by Gasteiger charge is -2.12. The van der Waals surface area contributed by atoms with E-state index < -0.39 is 6.61 Å². The maximum absolute atomic E-state index is 12.3. The van der Waals surface area contributed by atoms with Crippen LogP contribution < -0.4 is 24.8 Å². The Morgan fingerprint density at radius 2 is 1.93 bits per heavy atom. The van der Waals surface area contributed by atoms with Crippen LogP contribution in [0.3, 0.4) is 0 Å². The molecule has 0 atom stereocenters. The quantitative estimate of drug-likeness (QED) is 0.340. The van der Waals surface area contributed by atoms with Crippen molar-refractivity contribution in [3.8, 4) is 17.2 Å². The summed E-state index contributed by atoms with van der Waals surface area (Å²) >= 11 is 0. The van der Waals surface area contributed by atoms with E-state index in [2.05, 4.69) is 20.4 Å². The van der Waals surface area contributed by atoms with Crippen molar-refractivity contribution < 1.29 is 23.0 Å². The Kier molecular flexibility index (Phi) is 8.55. The van der Waals surface area contributed by atoms with Crippen molar-refractivity contribution in [3.05, 3.63) is 53.6 Å². The number of ether oxygens (including phenoxy) is 3. The van der Waals surface area contributed by atoms with Gasteiger partial charge in [0.05, 0.1) is 6.54 Å². The number of rotatable bonds is 7. The Morgan fingerprint density at radius 3 is 2.71 bits per heavy atom. The third kappa shape index (κ3) is 6.39. The summed E-state index contributed by atoms with van der Waals surface area (Å²) in [6.07, 6.45) is 0. The van der Waals surface area contributed by atoms with E-state index in [-0.39, 0.29) is 36.5 Å². The second-order valence-electron chi connectivity index (χ2n) is 5.76. The van der Waals surface area contributed by atoms with Gasteiger partial charge in [-0.15, -0.1) is 24.0 Å². The number of nitrogens with zero attached hydrogens (tertiary/aromatic N) is 1. The van der Waals surface area contributed by atoms with Crippen LogP contribution in [0.5, 0.6) is 17.2 Å². The van der Waals surface area contributed by atoms with Gasteiger partial charge in [0.2, 0.25) is 6.79 Å². The van der Waals surface area contributed by atoms with Gasteiger partial charge in [-0.25, -0.2) is 4.99 Å². The SMILES string of the molecule is CCNC(=NCc1cccc(OC(F)F)c1)NCc1ccc2c(c1)OCO2.I. The predicted molar refractivity (Wildman–Crippen MR) is 113 cm³/mol. The molecule has 0 spiro atoms. The van der Waals surface area contributed by atoms with Crippen molar-refractivity contribution in [2.45, 2.75) is 26.6 Å². The number of nitrogens with one attached hydrogen (secondary N) is 2. The second-order valence-corrected chi connectivity index (χ2v) is 5.76. The van der Waals surface area contributed by atoms with Crippen molar-refractivity contribution in [1.82, 2.24) is 10.6 Å². The highest BCUT2D eigenvalue weighted by atomic mass is 127. The van der Waals surface area contributed by atoms with Crippen LogP contribution in [0.1, 0.15) is 18.1 Å². The van der Waals surface area contributed by atoms with E-state index in [0.29, 0.717) is 25.6 Å². The molecule has 6 nitrogen and oxygen atoms in total. The zero-order valence-corrected chi connectivity index (χ0v) is 17.6. The van der Waals surface area contributed by atoms with Gasteiger partial charge in [0.15, 0.2) is 17.5 Å². The Bertz CT molecular complexity index is 806. The second kappa shape index (κ2) is 10.9. The summed E-state index contributed by atoms with van der Waals surface area (Å²) in [5, 5.41) is 6.39. The number of hydrogen-bond acceptors (Lipinski definition) is 4. The third-order valence-electron chi connectivity index (χ3n) is 3.78. The fourth-order valence-electron chi connectivity index (χ4n) is 2.57. The van der Waals surface area contributed by atoms with Gasteiger partial charge < -0.3 is 24.8 Å². The van der Waals surface area contributed by atoms with Crippen molar-refractivity contribution in [2.75, 3.05) is 13.3 Å². The van der Waals surface area contributed by atoms with Gasteiger partial charge in [0, 0.05) is 13.1 Å². The van der Waals surface area contributed by atoms with Gasteiger partial charge in [0.25, 0.3) is 0 Å². The molecule has 0 saturated carbocycles. The van der Waals surface area contributed by atoms with Crippen LogP contribution in [0.15, 0.2) is 47.5 Å². The van der Waals surface area contributed by atoms with Crippen LogP contribution in [0.25, 0.3) is 0 Å². The standard InChI is InChI=1S/C19H21F2N3O3.HI/c1-2-22-19(23-10-13-4-3-5-15(8-13)27-18(20)21)24-11-14-6-7-16-17(9-14)26-12-25-16;/h3-9,18H,2,10-12H2,1H3,(H2,22,23,24);1H. The predicted octanol–water partition coefficient (Wildman–Crippen LogP) is 3.89.